The first-order valence-corrected chi connectivity index (χ1v) is 7.39. The molecular formula is C11H9BrF2N4O2S. The Kier molecular flexibility index (Phi) is 5.23. The summed E-state index contributed by atoms with van der Waals surface area (Å²) in [6.07, 6.45) is 0. The standard InChI is InChI=1S/C11H9BrF2N4O2S/c1-20-9(19)4-18-11(15-16-17-18)21-5-6-8(13)3-2-7(12)10(6)14/h2-3H,4-5H2,1H3. The molecule has 21 heavy (non-hydrogen) atoms. The molecule has 112 valence electrons. The molecule has 0 aliphatic heterocycles. The van der Waals surface area contributed by atoms with E-state index in [1.54, 1.807) is 0 Å². The van der Waals surface area contributed by atoms with Crippen molar-refractivity contribution in [3.63, 3.8) is 0 Å². The van der Waals surface area contributed by atoms with Crippen molar-refractivity contribution in [2.75, 3.05) is 7.11 Å². The third kappa shape index (κ3) is 3.76. The number of nitrogens with zero attached hydrogens (tertiary/aromatic N) is 4. The fourth-order valence-corrected chi connectivity index (χ4v) is 2.68. The molecule has 0 aliphatic rings. The second-order valence-corrected chi connectivity index (χ2v) is 5.60. The smallest absolute Gasteiger partial charge is 0.327 e. The molecule has 0 saturated heterocycles. The van der Waals surface area contributed by atoms with Gasteiger partial charge in [-0.2, -0.15) is 0 Å². The number of hydrogen-bond donors (Lipinski definition) is 0. The number of methoxy groups -OCH3 is 1. The number of ether oxygens (including phenoxy) is 1. The molecule has 10 heteroatoms. The van der Waals surface area contributed by atoms with Gasteiger partial charge in [0, 0.05) is 11.3 Å². The third-order valence-electron chi connectivity index (χ3n) is 2.49. The lowest BCUT2D eigenvalue weighted by Gasteiger charge is -2.06. The number of esters is 1. The second-order valence-electron chi connectivity index (χ2n) is 3.81. The maximum absolute atomic E-state index is 13.8. The maximum atomic E-state index is 13.8. The van der Waals surface area contributed by atoms with Crippen LogP contribution in [0.1, 0.15) is 5.56 Å². The van der Waals surface area contributed by atoms with Crippen LogP contribution < -0.4 is 0 Å². The molecule has 0 bridgehead atoms. The second kappa shape index (κ2) is 6.94. The van der Waals surface area contributed by atoms with Gasteiger partial charge in [0.1, 0.15) is 18.2 Å². The molecule has 0 atom stereocenters. The average molecular weight is 379 g/mol. The molecule has 6 nitrogen and oxygen atoms in total. The Morgan fingerprint density at radius 1 is 1.48 bits per heavy atom. The molecule has 0 N–H and O–H groups in total. The van der Waals surface area contributed by atoms with Gasteiger partial charge in [-0.05, 0) is 38.5 Å². The molecule has 2 rings (SSSR count). The van der Waals surface area contributed by atoms with Gasteiger partial charge < -0.3 is 4.74 Å². The predicted molar refractivity (Wildman–Crippen MR) is 73.5 cm³/mol. The van der Waals surface area contributed by atoms with Crippen molar-refractivity contribution in [1.29, 1.82) is 0 Å². The molecule has 0 radical (unpaired) electrons. The molecule has 0 fully saturated rings. The first-order valence-electron chi connectivity index (χ1n) is 5.61. The zero-order valence-electron chi connectivity index (χ0n) is 10.7. The monoisotopic (exact) mass is 378 g/mol. The van der Waals surface area contributed by atoms with Gasteiger partial charge in [0.15, 0.2) is 0 Å². The highest BCUT2D eigenvalue weighted by atomic mass is 79.9. The highest BCUT2D eigenvalue weighted by Crippen LogP contribution is 2.27. The van der Waals surface area contributed by atoms with Crippen LogP contribution in [0.4, 0.5) is 8.78 Å². The van der Waals surface area contributed by atoms with Gasteiger partial charge in [-0.1, -0.05) is 11.8 Å². The molecule has 0 saturated carbocycles. The summed E-state index contributed by atoms with van der Waals surface area (Å²) in [5.41, 5.74) is -0.0954. The number of aromatic nitrogens is 4. The van der Waals surface area contributed by atoms with Crippen LogP contribution in [0.5, 0.6) is 0 Å². The predicted octanol–water partition coefficient (Wildman–Crippen LogP) is 2.18. The van der Waals surface area contributed by atoms with Gasteiger partial charge in [-0.3, -0.25) is 4.79 Å². The summed E-state index contributed by atoms with van der Waals surface area (Å²) in [7, 11) is 1.24. The van der Waals surface area contributed by atoms with Crippen molar-refractivity contribution < 1.29 is 18.3 Å². The zero-order chi connectivity index (χ0) is 15.4. The number of carbonyl (C=O) groups excluding carboxylic acids is 1. The van der Waals surface area contributed by atoms with Crippen LogP contribution in [0, 0.1) is 11.6 Å². The fraction of sp³-hybridized carbons (Fsp3) is 0.273. The van der Waals surface area contributed by atoms with Gasteiger partial charge >= 0.3 is 5.97 Å². The molecular weight excluding hydrogens is 370 g/mol. The number of hydrogen-bond acceptors (Lipinski definition) is 6. The van der Waals surface area contributed by atoms with Crippen molar-refractivity contribution in [2.24, 2.45) is 0 Å². The van der Waals surface area contributed by atoms with Gasteiger partial charge in [-0.15, -0.1) is 5.10 Å². The van der Waals surface area contributed by atoms with Gasteiger partial charge in [0.25, 0.3) is 0 Å². The number of carbonyl (C=O) groups is 1. The summed E-state index contributed by atoms with van der Waals surface area (Å²) < 4.78 is 33.3. The van der Waals surface area contributed by atoms with Crippen LogP contribution in [0.15, 0.2) is 21.8 Å². The molecule has 0 unspecified atom stereocenters. The minimum atomic E-state index is -0.672. The Bertz CT molecular complexity index is 668. The fourth-order valence-electron chi connectivity index (χ4n) is 1.42. The zero-order valence-corrected chi connectivity index (χ0v) is 13.1. The largest absolute Gasteiger partial charge is 0.468 e. The summed E-state index contributed by atoms with van der Waals surface area (Å²) >= 11 is 4.01. The summed E-state index contributed by atoms with van der Waals surface area (Å²) in [6.45, 7) is -0.171. The quantitative estimate of drug-likeness (QED) is 0.451. The van der Waals surface area contributed by atoms with E-state index in [4.69, 9.17) is 0 Å². The van der Waals surface area contributed by atoms with Crippen LogP contribution in [-0.4, -0.2) is 33.3 Å². The third-order valence-corrected chi connectivity index (χ3v) is 4.09. The van der Waals surface area contributed by atoms with Crippen molar-refractivity contribution in [1.82, 2.24) is 20.2 Å². The summed E-state index contributed by atoms with van der Waals surface area (Å²) in [5, 5.41) is 11.0. The first kappa shape index (κ1) is 15.8. The first-order chi connectivity index (χ1) is 10.0. The van der Waals surface area contributed by atoms with E-state index in [2.05, 4.69) is 36.2 Å². The van der Waals surface area contributed by atoms with Crippen molar-refractivity contribution in [3.05, 3.63) is 33.8 Å². The van der Waals surface area contributed by atoms with Gasteiger partial charge in [0.05, 0.1) is 11.6 Å². The van der Waals surface area contributed by atoms with Crippen molar-refractivity contribution in [2.45, 2.75) is 17.5 Å². The molecule has 2 aromatic rings. The number of halogens is 3. The number of tetrazole rings is 1. The Morgan fingerprint density at radius 3 is 2.95 bits per heavy atom. The normalized spacial score (nSPS) is 10.7. The van der Waals surface area contributed by atoms with Crippen molar-refractivity contribution >= 4 is 33.7 Å². The average Bonchev–Trinajstić information content (AvgIpc) is 2.90. The van der Waals surface area contributed by atoms with Gasteiger partial charge in [-0.25, -0.2) is 13.5 Å². The molecule has 1 aromatic carbocycles. The molecule has 1 heterocycles. The minimum Gasteiger partial charge on any atom is -0.468 e. The van der Waals surface area contributed by atoms with Crippen LogP contribution >= 0.6 is 27.7 Å². The lowest BCUT2D eigenvalue weighted by molar-refractivity contribution is -0.141. The molecule has 1 aromatic heterocycles. The summed E-state index contributed by atoms with van der Waals surface area (Å²) in [5.74, 6) is -1.87. The number of thioether (sulfide) groups is 1. The Balaban J connectivity index is 2.13. The van der Waals surface area contributed by atoms with E-state index >= 15 is 0 Å². The molecule has 0 amide bonds. The topological polar surface area (TPSA) is 69.9 Å². The highest BCUT2D eigenvalue weighted by Gasteiger charge is 2.16. The molecule has 0 aliphatic carbocycles. The highest BCUT2D eigenvalue weighted by molar-refractivity contribution is 9.10. The van der Waals surface area contributed by atoms with Gasteiger partial charge in [0.2, 0.25) is 5.16 Å². The van der Waals surface area contributed by atoms with E-state index in [0.717, 1.165) is 11.8 Å². The maximum Gasteiger partial charge on any atom is 0.327 e. The summed E-state index contributed by atoms with van der Waals surface area (Å²) in [6, 6.07) is 2.46. The van der Waals surface area contributed by atoms with E-state index in [1.165, 1.54) is 23.9 Å². The van der Waals surface area contributed by atoms with Crippen LogP contribution in [0.2, 0.25) is 0 Å². The van der Waals surface area contributed by atoms with E-state index in [1.807, 2.05) is 0 Å². The van der Waals surface area contributed by atoms with Crippen LogP contribution in [0.3, 0.4) is 0 Å². The Hall–Kier alpha value is -1.55. The van der Waals surface area contributed by atoms with Crippen LogP contribution in [0.25, 0.3) is 0 Å². The van der Waals surface area contributed by atoms with Crippen molar-refractivity contribution in [3.8, 4) is 0 Å². The number of rotatable bonds is 5. The Labute approximate surface area is 131 Å². The van der Waals surface area contributed by atoms with E-state index in [-0.39, 0.29) is 27.5 Å². The van der Waals surface area contributed by atoms with E-state index in [0.29, 0.717) is 0 Å². The lowest BCUT2D eigenvalue weighted by Crippen LogP contribution is -2.13. The molecule has 0 spiro atoms. The SMILES string of the molecule is COC(=O)Cn1nnnc1SCc1c(F)ccc(Br)c1F. The van der Waals surface area contributed by atoms with E-state index < -0.39 is 17.6 Å². The summed E-state index contributed by atoms with van der Waals surface area (Å²) in [4.78, 5) is 11.2. The van der Waals surface area contributed by atoms with Crippen LogP contribution in [-0.2, 0) is 21.8 Å². The van der Waals surface area contributed by atoms with E-state index in [9.17, 15) is 13.6 Å². The number of benzene rings is 1. The Morgan fingerprint density at radius 2 is 2.24 bits per heavy atom. The lowest BCUT2D eigenvalue weighted by atomic mass is 10.2. The minimum absolute atomic E-state index is 0.0152.